The van der Waals surface area contributed by atoms with Crippen LogP contribution in [0.3, 0.4) is 0 Å². The quantitative estimate of drug-likeness (QED) is 0.847. The fourth-order valence-corrected chi connectivity index (χ4v) is 3.09. The van der Waals surface area contributed by atoms with Crippen molar-refractivity contribution in [3.05, 3.63) is 54.4 Å². The summed E-state index contributed by atoms with van der Waals surface area (Å²) in [6.07, 6.45) is 4.53. The van der Waals surface area contributed by atoms with Crippen molar-refractivity contribution in [1.82, 2.24) is 15.6 Å². The van der Waals surface area contributed by atoms with Gasteiger partial charge in [0, 0.05) is 38.6 Å². The number of carbonyl (C=O) groups excluding carboxylic acids is 1. The molecule has 1 aliphatic heterocycles. The third kappa shape index (κ3) is 4.62. The summed E-state index contributed by atoms with van der Waals surface area (Å²) in [5.74, 6) is 1.33. The molecule has 6 heteroatoms. The number of rotatable bonds is 6. The Morgan fingerprint density at radius 3 is 2.96 bits per heavy atom. The molecule has 2 N–H and O–H groups in total. The average molecular weight is 340 g/mol. The predicted octanol–water partition coefficient (Wildman–Crippen LogP) is 2.42. The third-order valence-electron chi connectivity index (χ3n) is 4.44. The molecule has 1 saturated heterocycles. The van der Waals surface area contributed by atoms with Gasteiger partial charge in [-0.15, -0.1) is 0 Å². The molecular weight excluding hydrogens is 316 g/mol. The molecule has 0 bridgehead atoms. The first-order valence-electron chi connectivity index (χ1n) is 8.55. The van der Waals surface area contributed by atoms with Crippen LogP contribution in [0.1, 0.15) is 12.0 Å². The molecule has 2 amide bonds. The minimum absolute atomic E-state index is 0.139. The number of ether oxygens (including phenoxy) is 1. The molecule has 2 aromatic rings. The van der Waals surface area contributed by atoms with Gasteiger partial charge in [0.05, 0.1) is 12.8 Å². The highest BCUT2D eigenvalue weighted by atomic mass is 16.5. The maximum Gasteiger partial charge on any atom is 0.315 e. The van der Waals surface area contributed by atoms with E-state index in [0.717, 1.165) is 36.5 Å². The molecule has 3 rings (SSSR count). The number of benzene rings is 1. The average Bonchev–Trinajstić information content (AvgIpc) is 3.14. The highest BCUT2D eigenvalue weighted by Gasteiger charge is 2.24. The molecule has 0 saturated carbocycles. The Bertz CT molecular complexity index is 693. The second-order valence-electron chi connectivity index (χ2n) is 6.20. The van der Waals surface area contributed by atoms with Gasteiger partial charge in [0.15, 0.2) is 0 Å². The van der Waals surface area contributed by atoms with E-state index in [-0.39, 0.29) is 6.03 Å². The fraction of sp³-hybridized carbons (Fsp3) is 0.368. The first-order valence-corrected chi connectivity index (χ1v) is 8.55. The van der Waals surface area contributed by atoms with E-state index in [9.17, 15) is 4.79 Å². The predicted molar refractivity (Wildman–Crippen MR) is 97.8 cm³/mol. The zero-order valence-corrected chi connectivity index (χ0v) is 14.4. The molecule has 1 fully saturated rings. The second kappa shape index (κ2) is 8.37. The van der Waals surface area contributed by atoms with E-state index in [1.54, 1.807) is 19.5 Å². The molecule has 0 radical (unpaired) electrons. The van der Waals surface area contributed by atoms with E-state index in [1.807, 2.05) is 30.3 Å². The van der Waals surface area contributed by atoms with Crippen LogP contribution in [-0.2, 0) is 6.54 Å². The maximum absolute atomic E-state index is 11.9. The summed E-state index contributed by atoms with van der Waals surface area (Å²) in [7, 11) is 1.69. The van der Waals surface area contributed by atoms with Crippen LogP contribution in [0.4, 0.5) is 10.5 Å². The molecule has 1 aromatic heterocycles. The summed E-state index contributed by atoms with van der Waals surface area (Å²) < 4.78 is 5.44. The van der Waals surface area contributed by atoms with Gasteiger partial charge < -0.3 is 20.3 Å². The van der Waals surface area contributed by atoms with Gasteiger partial charge in [0.1, 0.15) is 5.75 Å². The van der Waals surface area contributed by atoms with Gasteiger partial charge in [-0.25, -0.2) is 4.79 Å². The zero-order valence-electron chi connectivity index (χ0n) is 14.4. The standard InChI is InChI=1S/C19H24N4O2/c1-25-18-7-3-2-6-17(18)23-10-8-16(14-23)13-22-19(24)21-12-15-5-4-9-20-11-15/h2-7,9,11,16H,8,10,12-14H2,1H3,(H2,21,22,24). The van der Waals surface area contributed by atoms with E-state index < -0.39 is 0 Å². The first-order chi connectivity index (χ1) is 12.3. The largest absolute Gasteiger partial charge is 0.495 e. The lowest BCUT2D eigenvalue weighted by molar-refractivity contribution is 0.239. The third-order valence-corrected chi connectivity index (χ3v) is 4.44. The summed E-state index contributed by atoms with van der Waals surface area (Å²) in [6, 6.07) is 11.7. The van der Waals surface area contributed by atoms with Crippen LogP contribution in [0.2, 0.25) is 0 Å². The highest BCUT2D eigenvalue weighted by molar-refractivity contribution is 5.73. The number of anilines is 1. The lowest BCUT2D eigenvalue weighted by Crippen LogP contribution is -2.38. The van der Waals surface area contributed by atoms with Gasteiger partial charge in [-0.3, -0.25) is 4.98 Å². The number of hydrogen-bond acceptors (Lipinski definition) is 4. The van der Waals surface area contributed by atoms with E-state index in [2.05, 4.69) is 26.6 Å². The Balaban J connectivity index is 1.43. The molecular formula is C19H24N4O2. The van der Waals surface area contributed by atoms with Crippen LogP contribution in [0.5, 0.6) is 5.75 Å². The van der Waals surface area contributed by atoms with Crippen LogP contribution >= 0.6 is 0 Å². The Morgan fingerprint density at radius 1 is 1.28 bits per heavy atom. The van der Waals surface area contributed by atoms with Crippen molar-refractivity contribution in [3.8, 4) is 5.75 Å². The number of aromatic nitrogens is 1. The van der Waals surface area contributed by atoms with Gasteiger partial charge in [-0.05, 0) is 36.1 Å². The highest BCUT2D eigenvalue weighted by Crippen LogP contribution is 2.31. The van der Waals surface area contributed by atoms with Crippen LogP contribution in [-0.4, -0.2) is 37.8 Å². The molecule has 25 heavy (non-hydrogen) atoms. The molecule has 2 heterocycles. The molecule has 6 nitrogen and oxygen atoms in total. The van der Waals surface area contributed by atoms with Crippen LogP contribution in [0, 0.1) is 5.92 Å². The minimum atomic E-state index is -0.139. The van der Waals surface area contributed by atoms with Crippen molar-refractivity contribution in [1.29, 1.82) is 0 Å². The van der Waals surface area contributed by atoms with Crippen molar-refractivity contribution in [3.63, 3.8) is 0 Å². The molecule has 1 aliphatic rings. The molecule has 1 aromatic carbocycles. The molecule has 0 aliphatic carbocycles. The van der Waals surface area contributed by atoms with Crippen LogP contribution in [0.25, 0.3) is 0 Å². The van der Waals surface area contributed by atoms with Gasteiger partial charge in [-0.2, -0.15) is 0 Å². The molecule has 132 valence electrons. The second-order valence-corrected chi connectivity index (χ2v) is 6.20. The number of urea groups is 1. The van der Waals surface area contributed by atoms with Crippen molar-refractivity contribution in [2.75, 3.05) is 31.6 Å². The summed E-state index contributed by atoms with van der Waals surface area (Å²) >= 11 is 0. The number of methoxy groups -OCH3 is 1. The summed E-state index contributed by atoms with van der Waals surface area (Å²) in [6.45, 7) is 3.05. The van der Waals surface area contributed by atoms with Crippen LogP contribution in [0.15, 0.2) is 48.8 Å². The summed E-state index contributed by atoms with van der Waals surface area (Å²) in [5, 5.41) is 5.83. The smallest absolute Gasteiger partial charge is 0.315 e. The van der Waals surface area contributed by atoms with Crippen LogP contribution < -0.4 is 20.3 Å². The van der Waals surface area contributed by atoms with E-state index in [1.165, 1.54) is 0 Å². The SMILES string of the molecule is COc1ccccc1N1CCC(CNC(=O)NCc2cccnc2)C1. The number of pyridine rings is 1. The van der Waals surface area contributed by atoms with Gasteiger partial charge in [0.2, 0.25) is 0 Å². The van der Waals surface area contributed by atoms with Gasteiger partial charge in [-0.1, -0.05) is 18.2 Å². The Morgan fingerprint density at radius 2 is 2.16 bits per heavy atom. The van der Waals surface area contributed by atoms with E-state index >= 15 is 0 Å². The van der Waals surface area contributed by atoms with Gasteiger partial charge >= 0.3 is 6.03 Å². The summed E-state index contributed by atoms with van der Waals surface area (Å²) in [5.41, 5.74) is 2.11. The van der Waals surface area contributed by atoms with Gasteiger partial charge in [0.25, 0.3) is 0 Å². The number of carbonyl (C=O) groups is 1. The first kappa shape index (κ1) is 17.1. The molecule has 1 atom stereocenters. The van der Waals surface area contributed by atoms with Crippen molar-refractivity contribution in [2.45, 2.75) is 13.0 Å². The van der Waals surface area contributed by atoms with Crippen molar-refractivity contribution in [2.24, 2.45) is 5.92 Å². The number of para-hydroxylation sites is 2. The molecule has 0 spiro atoms. The number of amides is 2. The lowest BCUT2D eigenvalue weighted by atomic mass is 10.1. The Labute approximate surface area is 148 Å². The Kier molecular flexibility index (Phi) is 5.72. The van der Waals surface area contributed by atoms with E-state index in [0.29, 0.717) is 19.0 Å². The maximum atomic E-state index is 11.9. The minimum Gasteiger partial charge on any atom is -0.495 e. The van der Waals surface area contributed by atoms with E-state index in [4.69, 9.17) is 4.74 Å². The fourth-order valence-electron chi connectivity index (χ4n) is 3.09. The van der Waals surface area contributed by atoms with Crippen molar-refractivity contribution < 1.29 is 9.53 Å². The lowest BCUT2D eigenvalue weighted by Gasteiger charge is -2.21. The number of nitrogens with one attached hydrogen (secondary N) is 2. The normalized spacial score (nSPS) is 16.5. The number of hydrogen-bond donors (Lipinski definition) is 2. The zero-order chi connectivity index (χ0) is 17.5. The molecule has 1 unspecified atom stereocenters. The summed E-state index contributed by atoms with van der Waals surface area (Å²) in [4.78, 5) is 18.3. The number of nitrogens with zero attached hydrogens (tertiary/aromatic N) is 2. The topological polar surface area (TPSA) is 66.5 Å². The van der Waals surface area contributed by atoms with Crippen molar-refractivity contribution >= 4 is 11.7 Å². The monoisotopic (exact) mass is 340 g/mol. The Hall–Kier alpha value is -2.76.